The molecule has 0 fully saturated rings. The van der Waals surface area contributed by atoms with E-state index in [2.05, 4.69) is 0 Å². The second-order valence-corrected chi connectivity index (χ2v) is 5.99. The van der Waals surface area contributed by atoms with E-state index < -0.39 is 50.3 Å². The predicted molar refractivity (Wildman–Crippen MR) is 69.0 cm³/mol. The van der Waals surface area contributed by atoms with Crippen molar-refractivity contribution in [3.8, 4) is 0 Å². The molecule has 0 radical (unpaired) electrons. The minimum atomic E-state index is -2.37. The van der Waals surface area contributed by atoms with Crippen LogP contribution in [0.1, 0.15) is 15.2 Å². The van der Waals surface area contributed by atoms with Gasteiger partial charge in [0, 0.05) is 0 Å². The first-order valence-corrected chi connectivity index (χ1v) is 6.82. The summed E-state index contributed by atoms with van der Waals surface area (Å²) >= 11 is 17.3. The normalized spacial score (nSPS) is 11.0. The van der Waals surface area contributed by atoms with Crippen molar-refractivity contribution < 1.29 is 26.7 Å². The molecule has 1 aromatic carbocycles. The number of rotatable bonds is 2. The lowest BCUT2D eigenvalue weighted by molar-refractivity contribution is 0.103. The molecule has 0 aliphatic rings. The summed E-state index contributed by atoms with van der Waals surface area (Å²) in [6.45, 7) is 0. The summed E-state index contributed by atoms with van der Waals surface area (Å²) in [7, 11) is 0. The first kappa shape index (κ1) is 16.5. The minimum Gasteiger partial charge on any atom is -0.287 e. The second-order valence-electron chi connectivity index (χ2n) is 3.61. The van der Waals surface area contributed by atoms with Gasteiger partial charge in [-0.15, -0.1) is 11.3 Å². The number of carbonyl (C=O) groups is 1. The van der Waals surface area contributed by atoms with E-state index in [0.717, 1.165) is 0 Å². The Morgan fingerprint density at radius 1 is 0.762 bits per heavy atom. The quantitative estimate of drug-likeness (QED) is 0.285. The van der Waals surface area contributed by atoms with Crippen molar-refractivity contribution in [3.05, 3.63) is 53.9 Å². The van der Waals surface area contributed by atoms with Gasteiger partial charge in [-0.3, -0.25) is 4.79 Å². The topological polar surface area (TPSA) is 17.1 Å². The molecule has 0 bridgehead atoms. The van der Waals surface area contributed by atoms with Gasteiger partial charge in [-0.05, 0) is 0 Å². The van der Waals surface area contributed by atoms with Crippen LogP contribution in [0, 0.1) is 29.1 Å². The summed E-state index contributed by atoms with van der Waals surface area (Å²) in [5.74, 6) is -12.9. The largest absolute Gasteiger partial charge is 0.287 e. The van der Waals surface area contributed by atoms with E-state index in [1.165, 1.54) is 0 Å². The molecule has 0 spiro atoms. The third-order valence-corrected chi connectivity index (χ3v) is 4.97. The Hall–Kier alpha value is -0.890. The Balaban J connectivity index is 2.73. The smallest absolute Gasteiger partial charge is 0.210 e. The predicted octanol–water partition coefficient (Wildman–Crippen LogP) is 5.63. The van der Waals surface area contributed by atoms with E-state index in [1.54, 1.807) is 0 Å². The number of hydrogen-bond acceptors (Lipinski definition) is 2. The van der Waals surface area contributed by atoms with Crippen molar-refractivity contribution in [2.24, 2.45) is 0 Å². The van der Waals surface area contributed by atoms with Gasteiger partial charge in [-0.25, -0.2) is 22.0 Å². The highest BCUT2D eigenvalue weighted by Gasteiger charge is 2.32. The van der Waals surface area contributed by atoms with E-state index in [-0.39, 0.29) is 9.36 Å². The van der Waals surface area contributed by atoms with E-state index in [1.807, 2.05) is 0 Å². The van der Waals surface area contributed by atoms with Gasteiger partial charge in [0.15, 0.2) is 23.3 Å². The maximum absolute atomic E-state index is 13.5. The monoisotopic (exact) mass is 380 g/mol. The first-order chi connectivity index (χ1) is 9.68. The van der Waals surface area contributed by atoms with Crippen LogP contribution in [0.4, 0.5) is 22.0 Å². The van der Waals surface area contributed by atoms with Gasteiger partial charge < -0.3 is 0 Å². The van der Waals surface area contributed by atoms with Crippen LogP contribution in [0.5, 0.6) is 0 Å². The van der Waals surface area contributed by atoms with E-state index in [0.29, 0.717) is 11.3 Å². The number of hydrogen-bond donors (Lipinski definition) is 0. The van der Waals surface area contributed by atoms with Crippen LogP contribution >= 0.6 is 46.1 Å². The van der Waals surface area contributed by atoms with E-state index in [9.17, 15) is 26.7 Å². The Morgan fingerprint density at radius 2 is 1.19 bits per heavy atom. The average molecular weight is 382 g/mol. The van der Waals surface area contributed by atoms with E-state index >= 15 is 0 Å². The van der Waals surface area contributed by atoms with Crippen LogP contribution in [-0.2, 0) is 0 Å². The molecule has 0 N–H and O–H groups in total. The van der Waals surface area contributed by atoms with Crippen molar-refractivity contribution >= 4 is 51.9 Å². The van der Waals surface area contributed by atoms with Crippen molar-refractivity contribution in [1.82, 2.24) is 0 Å². The molecule has 0 aliphatic carbocycles. The average Bonchev–Trinajstić information content (AvgIpc) is 2.70. The lowest BCUT2D eigenvalue weighted by Crippen LogP contribution is -2.13. The zero-order valence-electron chi connectivity index (χ0n) is 9.34. The van der Waals surface area contributed by atoms with Crippen LogP contribution < -0.4 is 0 Å². The molecular weight excluding hydrogens is 382 g/mol. The maximum Gasteiger partial charge on any atom is 0.210 e. The fourth-order valence-corrected chi connectivity index (χ4v) is 3.18. The summed E-state index contributed by atoms with van der Waals surface area (Å²) in [5.41, 5.74) is -1.62. The molecule has 1 nitrogen and oxygen atoms in total. The summed E-state index contributed by atoms with van der Waals surface area (Å²) in [6.07, 6.45) is 0. The van der Waals surface area contributed by atoms with Crippen molar-refractivity contribution in [3.63, 3.8) is 0 Å². The molecule has 0 unspecified atom stereocenters. The third kappa shape index (κ3) is 2.52. The number of benzene rings is 1. The van der Waals surface area contributed by atoms with Gasteiger partial charge in [0.25, 0.3) is 0 Å². The second kappa shape index (κ2) is 5.72. The minimum absolute atomic E-state index is 0.158. The van der Waals surface area contributed by atoms with Gasteiger partial charge >= 0.3 is 0 Å². The van der Waals surface area contributed by atoms with Gasteiger partial charge in [-0.2, -0.15) is 0 Å². The SMILES string of the molecule is O=C(c1sc(Cl)c(Cl)c1Cl)c1c(F)c(F)c(F)c(F)c1F. The summed E-state index contributed by atoms with van der Waals surface area (Å²) in [6, 6.07) is 0. The molecule has 0 saturated carbocycles. The van der Waals surface area contributed by atoms with Crippen molar-refractivity contribution in [2.75, 3.05) is 0 Å². The maximum atomic E-state index is 13.5. The molecule has 2 aromatic rings. The fraction of sp³-hybridized carbons (Fsp3) is 0. The first-order valence-electron chi connectivity index (χ1n) is 4.87. The van der Waals surface area contributed by atoms with Crippen LogP contribution in [-0.4, -0.2) is 5.78 Å². The van der Waals surface area contributed by atoms with Gasteiger partial charge in [-0.1, -0.05) is 34.8 Å². The zero-order chi connectivity index (χ0) is 16.1. The molecule has 1 aromatic heterocycles. The van der Waals surface area contributed by atoms with Crippen LogP contribution in [0.3, 0.4) is 0 Å². The van der Waals surface area contributed by atoms with Crippen LogP contribution in [0.25, 0.3) is 0 Å². The molecule has 112 valence electrons. The van der Waals surface area contributed by atoms with Gasteiger partial charge in [0.2, 0.25) is 11.6 Å². The van der Waals surface area contributed by atoms with Crippen molar-refractivity contribution in [2.45, 2.75) is 0 Å². The Morgan fingerprint density at radius 3 is 1.57 bits per heavy atom. The number of carbonyl (C=O) groups excluding carboxylic acids is 1. The molecule has 0 atom stereocenters. The lowest BCUT2D eigenvalue weighted by atomic mass is 10.1. The summed E-state index contributed by atoms with van der Waals surface area (Å²) < 4.78 is 65.9. The Kier molecular flexibility index (Phi) is 4.49. The van der Waals surface area contributed by atoms with Gasteiger partial charge in [0.05, 0.1) is 14.9 Å². The number of thiophene rings is 1. The molecule has 10 heteroatoms. The standard InChI is InChI=1S/C11Cl3F5OS/c12-2-3(13)11(14)21-10(2)9(20)1-4(15)6(17)8(19)7(18)5(1)16. The van der Waals surface area contributed by atoms with Crippen LogP contribution in [0.15, 0.2) is 0 Å². The molecule has 21 heavy (non-hydrogen) atoms. The fourth-order valence-electron chi connectivity index (χ4n) is 1.43. The molecule has 2 rings (SSSR count). The van der Waals surface area contributed by atoms with E-state index in [4.69, 9.17) is 34.8 Å². The Labute approximate surface area is 132 Å². The summed E-state index contributed by atoms with van der Waals surface area (Å²) in [5, 5.41) is -0.684. The number of ketones is 1. The molecule has 0 amide bonds. The molecule has 0 aliphatic heterocycles. The highest BCUT2D eigenvalue weighted by molar-refractivity contribution is 7.19. The summed E-state index contributed by atoms with van der Waals surface area (Å²) in [4.78, 5) is 11.4. The van der Waals surface area contributed by atoms with Gasteiger partial charge in [0.1, 0.15) is 9.90 Å². The molecule has 1 heterocycles. The zero-order valence-corrected chi connectivity index (χ0v) is 12.4. The number of halogens is 8. The lowest BCUT2D eigenvalue weighted by Gasteiger charge is -2.06. The van der Waals surface area contributed by atoms with Crippen LogP contribution in [0.2, 0.25) is 14.4 Å². The van der Waals surface area contributed by atoms with Crippen molar-refractivity contribution in [1.29, 1.82) is 0 Å². The highest BCUT2D eigenvalue weighted by atomic mass is 35.5. The molecular formula is C11Cl3F5OS. The Bertz CT molecular complexity index is 745. The third-order valence-electron chi connectivity index (χ3n) is 2.40. The highest BCUT2D eigenvalue weighted by Crippen LogP contribution is 2.42. The molecule has 0 saturated heterocycles.